The van der Waals surface area contributed by atoms with Crippen LogP contribution in [0.25, 0.3) is 0 Å². The maximum Gasteiger partial charge on any atom is 0.0822 e. The fourth-order valence-corrected chi connectivity index (χ4v) is 2.60. The third-order valence-electron chi connectivity index (χ3n) is 3.25. The first-order valence-electron chi connectivity index (χ1n) is 4.40. The Hall–Kier alpha value is -0.560. The molecule has 1 heteroatoms. The third-order valence-corrected chi connectivity index (χ3v) is 3.25. The summed E-state index contributed by atoms with van der Waals surface area (Å²) in [6.07, 6.45) is 13.0. The lowest BCUT2D eigenvalue weighted by Gasteiger charge is -2.57. The number of hydrogen-bond acceptors (Lipinski definition) is 1. The van der Waals surface area contributed by atoms with Crippen molar-refractivity contribution in [3.63, 3.8) is 0 Å². The molecule has 3 atom stereocenters. The van der Waals surface area contributed by atoms with Crippen molar-refractivity contribution in [1.82, 2.24) is 0 Å². The summed E-state index contributed by atoms with van der Waals surface area (Å²) in [4.78, 5) is 0. The molecule has 1 fully saturated rings. The highest BCUT2D eigenvalue weighted by atomic mass is 16.5. The first kappa shape index (κ1) is 6.01. The maximum atomic E-state index is 5.83. The lowest BCUT2D eigenvalue weighted by atomic mass is 9.66. The Balaban J connectivity index is 1.99. The van der Waals surface area contributed by atoms with Gasteiger partial charge in [-0.25, -0.2) is 0 Å². The van der Waals surface area contributed by atoms with Gasteiger partial charge in [-0.3, -0.25) is 0 Å². The summed E-state index contributed by atoms with van der Waals surface area (Å²) in [5.74, 6) is 0.803. The fraction of sp³-hybridized carbons (Fsp3) is 0.600. The summed E-state index contributed by atoms with van der Waals surface area (Å²) >= 11 is 0. The van der Waals surface area contributed by atoms with Crippen molar-refractivity contribution in [3.8, 4) is 0 Å². The van der Waals surface area contributed by atoms with E-state index in [4.69, 9.17) is 4.74 Å². The standard InChI is InChI=1S/C10H12O/c1-2-6-10-7-3-5-9(11-10)8(10)4-1/h1-3,5,8-9H,4,6-7H2/t8?,9-,10?/m0/s1. The molecule has 1 aliphatic carbocycles. The molecule has 3 rings (SSSR count). The molecule has 11 heavy (non-hydrogen) atoms. The first-order valence-corrected chi connectivity index (χ1v) is 4.40. The van der Waals surface area contributed by atoms with E-state index in [1.807, 2.05) is 0 Å². The normalized spacial score (nSPS) is 51.6. The van der Waals surface area contributed by atoms with E-state index in [9.17, 15) is 0 Å². The summed E-state index contributed by atoms with van der Waals surface area (Å²) in [6, 6.07) is 0. The molecule has 2 heterocycles. The molecule has 2 bridgehead atoms. The highest BCUT2D eigenvalue weighted by molar-refractivity contribution is 5.22. The molecule has 0 radical (unpaired) electrons. The van der Waals surface area contributed by atoms with Crippen LogP contribution < -0.4 is 0 Å². The third kappa shape index (κ3) is 0.603. The molecule has 1 spiro atoms. The fourth-order valence-electron chi connectivity index (χ4n) is 2.60. The molecular formula is C10H12O. The lowest BCUT2D eigenvalue weighted by Crippen LogP contribution is -2.61. The van der Waals surface area contributed by atoms with Gasteiger partial charge in [0.1, 0.15) is 0 Å². The van der Waals surface area contributed by atoms with E-state index in [-0.39, 0.29) is 5.60 Å². The molecule has 0 N–H and O–H groups in total. The van der Waals surface area contributed by atoms with E-state index in [0.717, 1.165) is 18.8 Å². The quantitative estimate of drug-likeness (QED) is 0.478. The largest absolute Gasteiger partial charge is 0.366 e. The highest BCUT2D eigenvalue weighted by Crippen LogP contribution is 2.52. The average molecular weight is 148 g/mol. The van der Waals surface area contributed by atoms with Crippen LogP contribution in [0.3, 0.4) is 0 Å². The number of hydrogen-bond donors (Lipinski definition) is 0. The van der Waals surface area contributed by atoms with Gasteiger partial charge in [-0.15, -0.1) is 0 Å². The van der Waals surface area contributed by atoms with Crippen molar-refractivity contribution in [1.29, 1.82) is 0 Å². The van der Waals surface area contributed by atoms with E-state index in [1.54, 1.807) is 0 Å². The maximum absolute atomic E-state index is 5.83. The molecule has 3 aliphatic rings. The second-order valence-electron chi connectivity index (χ2n) is 3.80. The first-order chi connectivity index (χ1) is 5.41. The van der Waals surface area contributed by atoms with Gasteiger partial charge in [0.05, 0.1) is 11.7 Å². The SMILES string of the molecule is C1=CCC23CC=C[C@H](O2)C3C1. The smallest absolute Gasteiger partial charge is 0.0822 e. The van der Waals surface area contributed by atoms with Gasteiger partial charge in [0, 0.05) is 5.92 Å². The van der Waals surface area contributed by atoms with Gasteiger partial charge < -0.3 is 4.74 Å². The van der Waals surface area contributed by atoms with Crippen LogP contribution in [0.4, 0.5) is 0 Å². The summed E-state index contributed by atoms with van der Waals surface area (Å²) < 4.78 is 5.83. The van der Waals surface area contributed by atoms with Crippen LogP contribution in [0.1, 0.15) is 19.3 Å². The van der Waals surface area contributed by atoms with Gasteiger partial charge in [-0.05, 0) is 19.3 Å². The van der Waals surface area contributed by atoms with Crippen LogP contribution in [-0.2, 0) is 4.74 Å². The Labute approximate surface area is 66.7 Å². The van der Waals surface area contributed by atoms with Crippen molar-refractivity contribution >= 4 is 0 Å². The molecule has 1 nitrogen and oxygen atoms in total. The second-order valence-corrected chi connectivity index (χ2v) is 3.80. The molecule has 0 amide bonds. The van der Waals surface area contributed by atoms with Gasteiger partial charge in [-0.1, -0.05) is 24.3 Å². The van der Waals surface area contributed by atoms with Crippen LogP contribution in [0.5, 0.6) is 0 Å². The molecule has 0 saturated carbocycles. The molecule has 0 aromatic rings. The zero-order valence-corrected chi connectivity index (χ0v) is 6.49. The predicted molar refractivity (Wildman–Crippen MR) is 43.2 cm³/mol. The average Bonchev–Trinajstić information content (AvgIpc) is 2.04. The molecule has 1 saturated heterocycles. The molecular weight excluding hydrogens is 136 g/mol. The molecule has 2 unspecified atom stereocenters. The molecule has 58 valence electrons. The van der Waals surface area contributed by atoms with Gasteiger partial charge in [0.25, 0.3) is 0 Å². The Morgan fingerprint density at radius 2 is 2.09 bits per heavy atom. The Morgan fingerprint density at radius 3 is 2.91 bits per heavy atom. The number of ether oxygens (including phenoxy) is 1. The van der Waals surface area contributed by atoms with Crippen molar-refractivity contribution in [2.45, 2.75) is 31.0 Å². The number of rotatable bonds is 0. The van der Waals surface area contributed by atoms with Gasteiger partial charge in [0.15, 0.2) is 0 Å². The van der Waals surface area contributed by atoms with E-state index in [2.05, 4.69) is 24.3 Å². The van der Waals surface area contributed by atoms with Crippen LogP contribution in [0.15, 0.2) is 24.3 Å². The Bertz CT molecular complexity index is 237. The monoisotopic (exact) mass is 148 g/mol. The second kappa shape index (κ2) is 1.78. The summed E-state index contributed by atoms with van der Waals surface area (Å²) in [5.41, 5.74) is 0.244. The zero-order valence-electron chi connectivity index (χ0n) is 6.49. The van der Waals surface area contributed by atoms with Gasteiger partial charge >= 0.3 is 0 Å². The summed E-state index contributed by atoms with van der Waals surface area (Å²) in [6.45, 7) is 0. The van der Waals surface area contributed by atoms with Crippen LogP contribution in [-0.4, -0.2) is 11.7 Å². The predicted octanol–water partition coefficient (Wildman–Crippen LogP) is 2.05. The van der Waals surface area contributed by atoms with Crippen LogP contribution >= 0.6 is 0 Å². The van der Waals surface area contributed by atoms with E-state index in [1.165, 1.54) is 6.42 Å². The minimum absolute atomic E-state index is 0.244. The number of allylic oxidation sites excluding steroid dienone is 1. The molecule has 0 aromatic carbocycles. The highest BCUT2D eigenvalue weighted by Gasteiger charge is 2.55. The van der Waals surface area contributed by atoms with Crippen molar-refractivity contribution in [2.75, 3.05) is 0 Å². The summed E-state index contributed by atoms with van der Waals surface area (Å²) in [5, 5.41) is 0. The Kier molecular flexibility index (Phi) is 0.972. The topological polar surface area (TPSA) is 9.23 Å². The minimum atomic E-state index is 0.244. The molecule has 2 aliphatic heterocycles. The van der Waals surface area contributed by atoms with Gasteiger partial charge in [0.2, 0.25) is 0 Å². The van der Waals surface area contributed by atoms with E-state index in [0.29, 0.717) is 6.10 Å². The summed E-state index contributed by atoms with van der Waals surface area (Å²) in [7, 11) is 0. The van der Waals surface area contributed by atoms with Crippen molar-refractivity contribution in [3.05, 3.63) is 24.3 Å². The van der Waals surface area contributed by atoms with Crippen LogP contribution in [0, 0.1) is 5.92 Å². The minimum Gasteiger partial charge on any atom is -0.366 e. The number of fused-ring (bicyclic) bond motifs is 2. The van der Waals surface area contributed by atoms with E-state index >= 15 is 0 Å². The lowest BCUT2D eigenvalue weighted by molar-refractivity contribution is -0.247. The van der Waals surface area contributed by atoms with Crippen molar-refractivity contribution < 1.29 is 4.74 Å². The van der Waals surface area contributed by atoms with Crippen molar-refractivity contribution in [2.24, 2.45) is 5.92 Å². The Morgan fingerprint density at radius 1 is 1.18 bits per heavy atom. The van der Waals surface area contributed by atoms with E-state index < -0.39 is 0 Å². The van der Waals surface area contributed by atoms with Crippen LogP contribution in [0.2, 0.25) is 0 Å². The zero-order chi connectivity index (χ0) is 7.31. The molecule has 0 aromatic heterocycles. The van der Waals surface area contributed by atoms with Gasteiger partial charge in [-0.2, -0.15) is 0 Å².